The van der Waals surface area contributed by atoms with Crippen molar-refractivity contribution < 1.29 is 9.90 Å². The number of rotatable bonds is 4. The molecule has 1 amide bonds. The second-order valence-corrected chi connectivity index (χ2v) is 4.87. The van der Waals surface area contributed by atoms with Gasteiger partial charge in [0.05, 0.1) is 6.10 Å². The predicted molar refractivity (Wildman–Crippen MR) is 72.8 cm³/mol. The van der Waals surface area contributed by atoms with Crippen molar-refractivity contribution in [1.29, 1.82) is 0 Å². The average molecular weight is 261 g/mol. The Labute approximate surface area is 110 Å². The lowest BCUT2D eigenvalue weighted by molar-refractivity contribution is 0.0916. The molecule has 0 spiro atoms. The van der Waals surface area contributed by atoms with Gasteiger partial charge in [-0.3, -0.25) is 4.79 Å². The van der Waals surface area contributed by atoms with Gasteiger partial charge in [0.1, 0.15) is 0 Å². The normalized spacial score (nSPS) is 12.1. The summed E-state index contributed by atoms with van der Waals surface area (Å²) in [4.78, 5) is 11.7. The molecule has 1 heterocycles. The summed E-state index contributed by atoms with van der Waals surface area (Å²) < 4.78 is 0. The van der Waals surface area contributed by atoms with Crippen LogP contribution < -0.4 is 5.32 Å². The standard InChI is InChI=1S/C14H15NO2S/c1-10-4-2-3-5-12(10)13(16)8-15-14(17)11-6-7-18-9-11/h2-7,9,13,16H,8H2,1H3,(H,15,17). The van der Waals surface area contributed by atoms with Gasteiger partial charge in [-0.25, -0.2) is 0 Å². The summed E-state index contributed by atoms with van der Waals surface area (Å²) in [5, 5.41) is 16.4. The van der Waals surface area contributed by atoms with E-state index in [0.717, 1.165) is 11.1 Å². The van der Waals surface area contributed by atoms with Crippen LogP contribution in [0.1, 0.15) is 27.6 Å². The third-order valence-electron chi connectivity index (χ3n) is 2.79. The number of hydrogen-bond acceptors (Lipinski definition) is 3. The van der Waals surface area contributed by atoms with Crippen LogP contribution in [0.25, 0.3) is 0 Å². The molecule has 0 aliphatic rings. The van der Waals surface area contributed by atoms with Crippen LogP contribution in [0.3, 0.4) is 0 Å². The van der Waals surface area contributed by atoms with E-state index >= 15 is 0 Å². The molecule has 0 radical (unpaired) electrons. The molecule has 0 saturated heterocycles. The Bertz CT molecular complexity index is 522. The smallest absolute Gasteiger partial charge is 0.252 e. The Morgan fingerprint density at radius 1 is 1.39 bits per heavy atom. The summed E-state index contributed by atoms with van der Waals surface area (Å²) >= 11 is 1.48. The quantitative estimate of drug-likeness (QED) is 0.888. The summed E-state index contributed by atoms with van der Waals surface area (Å²) in [6.45, 7) is 2.17. The molecular weight excluding hydrogens is 246 g/mol. The van der Waals surface area contributed by atoms with Gasteiger partial charge in [-0.05, 0) is 29.5 Å². The van der Waals surface area contributed by atoms with E-state index in [1.807, 2.05) is 36.6 Å². The van der Waals surface area contributed by atoms with Gasteiger partial charge < -0.3 is 10.4 Å². The molecule has 1 aromatic heterocycles. The number of carbonyl (C=O) groups excluding carboxylic acids is 1. The third kappa shape index (κ3) is 2.97. The summed E-state index contributed by atoms with van der Waals surface area (Å²) in [6, 6.07) is 9.39. The van der Waals surface area contributed by atoms with Crippen LogP contribution in [0, 0.1) is 6.92 Å². The molecule has 4 heteroatoms. The summed E-state index contributed by atoms with van der Waals surface area (Å²) in [6.07, 6.45) is -0.672. The van der Waals surface area contributed by atoms with E-state index in [2.05, 4.69) is 5.32 Å². The predicted octanol–water partition coefficient (Wildman–Crippen LogP) is 2.52. The fourth-order valence-corrected chi connectivity index (χ4v) is 2.39. The number of aryl methyl sites for hydroxylation is 1. The monoisotopic (exact) mass is 261 g/mol. The van der Waals surface area contributed by atoms with Crippen molar-refractivity contribution in [2.45, 2.75) is 13.0 Å². The van der Waals surface area contributed by atoms with Crippen molar-refractivity contribution in [1.82, 2.24) is 5.32 Å². The highest BCUT2D eigenvalue weighted by atomic mass is 32.1. The van der Waals surface area contributed by atoms with Crippen molar-refractivity contribution in [3.05, 3.63) is 57.8 Å². The lowest BCUT2D eigenvalue weighted by Gasteiger charge is -2.14. The first-order valence-electron chi connectivity index (χ1n) is 5.72. The number of aliphatic hydroxyl groups excluding tert-OH is 1. The van der Waals surface area contributed by atoms with Crippen LogP contribution in [0.15, 0.2) is 41.1 Å². The van der Waals surface area contributed by atoms with E-state index in [9.17, 15) is 9.90 Å². The topological polar surface area (TPSA) is 49.3 Å². The van der Waals surface area contributed by atoms with Crippen LogP contribution in [0.2, 0.25) is 0 Å². The van der Waals surface area contributed by atoms with Crippen LogP contribution in [-0.4, -0.2) is 17.6 Å². The molecule has 1 atom stereocenters. The summed E-state index contributed by atoms with van der Waals surface area (Å²) in [7, 11) is 0. The zero-order chi connectivity index (χ0) is 13.0. The summed E-state index contributed by atoms with van der Waals surface area (Å²) in [5.41, 5.74) is 2.51. The average Bonchev–Trinajstić information content (AvgIpc) is 2.90. The van der Waals surface area contributed by atoms with Crippen molar-refractivity contribution in [2.24, 2.45) is 0 Å². The van der Waals surface area contributed by atoms with Gasteiger partial charge >= 0.3 is 0 Å². The number of carbonyl (C=O) groups is 1. The van der Waals surface area contributed by atoms with Crippen molar-refractivity contribution in [3.8, 4) is 0 Å². The number of nitrogens with one attached hydrogen (secondary N) is 1. The van der Waals surface area contributed by atoms with Crippen LogP contribution in [0.4, 0.5) is 0 Å². The molecule has 0 bridgehead atoms. The molecule has 0 fully saturated rings. The maximum absolute atomic E-state index is 11.7. The zero-order valence-corrected chi connectivity index (χ0v) is 10.9. The zero-order valence-electron chi connectivity index (χ0n) is 10.1. The minimum atomic E-state index is -0.672. The number of hydrogen-bond donors (Lipinski definition) is 2. The Morgan fingerprint density at radius 3 is 2.83 bits per heavy atom. The largest absolute Gasteiger partial charge is 0.387 e. The minimum absolute atomic E-state index is 0.149. The van der Waals surface area contributed by atoms with Crippen LogP contribution in [0.5, 0.6) is 0 Å². The first-order valence-corrected chi connectivity index (χ1v) is 6.67. The van der Waals surface area contributed by atoms with Gasteiger partial charge in [0.25, 0.3) is 5.91 Å². The second-order valence-electron chi connectivity index (χ2n) is 4.09. The third-order valence-corrected chi connectivity index (χ3v) is 3.47. The molecule has 18 heavy (non-hydrogen) atoms. The van der Waals surface area contributed by atoms with Gasteiger partial charge in [0.2, 0.25) is 0 Å². The maximum Gasteiger partial charge on any atom is 0.252 e. The number of thiophene rings is 1. The number of aliphatic hydroxyl groups is 1. The van der Waals surface area contributed by atoms with E-state index < -0.39 is 6.10 Å². The van der Waals surface area contributed by atoms with E-state index in [1.165, 1.54) is 11.3 Å². The highest BCUT2D eigenvalue weighted by Crippen LogP contribution is 2.16. The van der Waals surface area contributed by atoms with E-state index in [4.69, 9.17) is 0 Å². The highest BCUT2D eigenvalue weighted by Gasteiger charge is 2.12. The van der Waals surface area contributed by atoms with E-state index in [1.54, 1.807) is 11.4 Å². The Morgan fingerprint density at radius 2 is 2.17 bits per heavy atom. The van der Waals surface area contributed by atoms with Gasteiger partial charge in [-0.2, -0.15) is 11.3 Å². The number of benzene rings is 1. The van der Waals surface area contributed by atoms with Crippen molar-refractivity contribution in [3.63, 3.8) is 0 Å². The molecule has 1 aromatic carbocycles. The van der Waals surface area contributed by atoms with Gasteiger partial charge in [0, 0.05) is 17.5 Å². The molecular formula is C14H15NO2S. The van der Waals surface area contributed by atoms with E-state index in [0.29, 0.717) is 5.56 Å². The van der Waals surface area contributed by atoms with Crippen molar-refractivity contribution >= 4 is 17.2 Å². The molecule has 0 aliphatic carbocycles. The molecule has 3 nitrogen and oxygen atoms in total. The van der Waals surface area contributed by atoms with Crippen molar-refractivity contribution in [2.75, 3.05) is 6.54 Å². The maximum atomic E-state index is 11.7. The Hall–Kier alpha value is -1.65. The SMILES string of the molecule is Cc1ccccc1C(O)CNC(=O)c1ccsc1. The van der Waals surface area contributed by atoms with Gasteiger partial charge in [0.15, 0.2) is 0 Å². The summed E-state index contributed by atoms with van der Waals surface area (Å²) in [5.74, 6) is -0.149. The first-order chi connectivity index (χ1) is 8.68. The Kier molecular flexibility index (Phi) is 4.12. The molecule has 2 aromatic rings. The fraction of sp³-hybridized carbons (Fsp3) is 0.214. The molecule has 0 aliphatic heterocycles. The lowest BCUT2D eigenvalue weighted by atomic mass is 10.0. The molecule has 0 saturated carbocycles. The lowest BCUT2D eigenvalue weighted by Crippen LogP contribution is -2.28. The molecule has 2 N–H and O–H groups in total. The van der Waals surface area contributed by atoms with E-state index in [-0.39, 0.29) is 12.5 Å². The van der Waals surface area contributed by atoms with Crippen LogP contribution >= 0.6 is 11.3 Å². The first kappa shape index (κ1) is 12.8. The Balaban J connectivity index is 1.95. The van der Waals surface area contributed by atoms with Gasteiger partial charge in [-0.1, -0.05) is 24.3 Å². The van der Waals surface area contributed by atoms with Gasteiger partial charge in [-0.15, -0.1) is 0 Å². The molecule has 1 unspecified atom stereocenters. The fourth-order valence-electron chi connectivity index (χ4n) is 1.76. The molecule has 2 rings (SSSR count). The minimum Gasteiger partial charge on any atom is -0.387 e. The van der Waals surface area contributed by atoms with Crippen LogP contribution in [-0.2, 0) is 0 Å². The molecule has 94 valence electrons. The highest BCUT2D eigenvalue weighted by molar-refractivity contribution is 7.08. The second kappa shape index (κ2) is 5.80. The number of amides is 1.